The Morgan fingerprint density at radius 2 is 2.12 bits per heavy atom. The lowest BCUT2D eigenvalue weighted by molar-refractivity contribution is -0.116. The Kier molecular flexibility index (Phi) is 3.32. The van der Waals surface area contributed by atoms with E-state index in [0.29, 0.717) is 6.54 Å². The van der Waals surface area contributed by atoms with Crippen molar-refractivity contribution in [2.24, 2.45) is 0 Å². The topological polar surface area (TPSA) is 47.6 Å². The molecule has 17 heavy (non-hydrogen) atoms. The van der Waals surface area contributed by atoms with Crippen LogP contribution in [0, 0.1) is 0 Å². The molecule has 0 aromatic heterocycles. The second-order valence-electron chi connectivity index (χ2n) is 3.78. The van der Waals surface area contributed by atoms with Gasteiger partial charge in [0, 0.05) is 17.7 Å². The van der Waals surface area contributed by atoms with Crippen LogP contribution in [-0.4, -0.2) is 26.7 Å². The maximum absolute atomic E-state index is 11.5. The molecule has 0 unspecified atom stereocenters. The van der Waals surface area contributed by atoms with E-state index in [9.17, 15) is 4.79 Å². The Bertz CT molecular complexity index is 466. The number of nitrogens with one attached hydrogen (secondary N) is 1. The maximum atomic E-state index is 11.5. The molecule has 1 fully saturated rings. The van der Waals surface area contributed by atoms with Crippen LogP contribution < -0.4 is 14.8 Å². The second-order valence-corrected chi connectivity index (χ2v) is 3.78. The fourth-order valence-electron chi connectivity index (χ4n) is 1.82. The second kappa shape index (κ2) is 4.91. The van der Waals surface area contributed by atoms with Crippen molar-refractivity contribution in [1.82, 2.24) is 5.32 Å². The molecule has 0 bridgehead atoms. The average molecular weight is 233 g/mol. The summed E-state index contributed by atoms with van der Waals surface area (Å²) in [4.78, 5) is 11.5. The summed E-state index contributed by atoms with van der Waals surface area (Å²) in [6.45, 7) is 0.705. The van der Waals surface area contributed by atoms with Crippen molar-refractivity contribution in [2.45, 2.75) is 6.42 Å². The van der Waals surface area contributed by atoms with E-state index in [0.717, 1.165) is 29.1 Å². The normalized spacial score (nSPS) is 17.1. The Labute approximate surface area is 100 Å². The number of carbonyl (C=O) groups is 1. The third kappa shape index (κ3) is 2.41. The van der Waals surface area contributed by atoms with Crippen LogP contribution >= 0.6 is 0 Å². The van der Waals surface area contributed by atoms with Crippen molar-refractivity contribution < 1.29 is 14.3 Å². The molecule has 1 saturated heterocycles. The van der Waals surface area contributed by atoms with Gasteiger partial charge in [-0.15, -0.1) is 0 Å². The van der Waals surface area contributed by atoms with Crippen LogP contribution in [0.25, 0.3) is 6.08 Å². The van der Waals surface area contributed by atoms with Crippen LogP contribution in [0.15, 0.2) is 23.8 Å². The predicted molar refractivity (Wildman–Crippen MR) is 65.1 cm³/mol. The number of hydrogen-bond donors (Lipinski definition) is 1. The largest absolute Gasteiger partial charge is 0.497 e. The minimum atomic E-state index is -0.00475. The van der Waals surface area contributed by atoms with E-state index in [1.54, 1.807) is 14.2 Å². The van der Waals surface area contributed by atoms with Gasteiger partial charge in [0.15, 0.2) is 0 Å². The SMILES string of the molecule is COc1ccc(OC)c(/C=C2\CCNC2=O)c1. The van der Waals surface area contributed by atoms with Crippen molar-refractivity contribution in [2.75, 3.05) is 20.8 Å². The number of benzene rings is 1. The smallest absolute Gasteiger partial charge is 0.247 e. The first kappa shape index (κ1) is 11.5. The van der Waals surface area contributed by atoms with E-state index >= 15 is 0 Å². The first-order chi connectivity index (χ1) is 8.24. The zero-order chi connectivity index (χ0) is 12.3. The van der Waals surface area contributed by atoms with Gasteiger partial charge in [-0.25, -0.2) is 0 Å². The first-order valence-electron chi connectivity index (χ1n) is 5.45. The summed E-state index contributed by atoms with van der Waals surface area (Å²) < 4.78 is 10.4. The monoisotopic (exact) mass is 233 g/mol. The fourth-order valence-corrected chi connectivity index (χ4v) is 1.82. The van der Waals surface area contributed by atoms with E-state index in [4.69, 9.17) is 9.47 Å². The van der Waals surface area contributed by atoms with Crippen molar-refractivity contribution in [3.8, 4) is 11.5 Å². The van der Waals surface area contributed by atoms with Gasteiger partial charge < -0.3 is 14.8 Å². The number of methoxy groups -OCH3 is 2. The molecule has 1 aliphatic rings. The molecule has 0 spiro atoms. The van der Waals surface area contributed by atoms with Crippen molar-refractivity contribution in [1.29, 1.82) is 0 Å². The minimum Gasteiger partial charge on any atom is -0.497 e. The predicted octanol–water partition coefficient (Wildman–Crippen LogP) is 1.61. The van der Waals surface area contributed by atoms with Gasteiger partial charge in [0.1, 0.15) is 11.5 Å². The van der Waals surface area contributed by atoms with E-state index in [1.807, 2.05) is 24.3 Å². The highest BCUT2D eigenvalue weighted by molar-refractivity contribution is 6.00. The van der Waals surface area contributed by atoms with Gasteiger partial charge in [0.05, 0.1) is 14.2 Å². The van der Waals surface area contributed by atoms with Crippen LogP contribution in [0.2, 0.25) is 0 Å². The maximum Gasteiger partial charge on any atom is 0.247 e. The lowest BCUT2D eigenvalue weighted by Gasteiger charge is -2.07. The van der Waals surface area contributed by atoms with Crippen molar-refractivity contribution >= 4 is 12.0 Å². The van der Waals surface area contributed by atoms with Gasteiger partial charge in [-0.1, -0.05) is 0 Å². The van der Waals surface area contributed by atoms with Gasteiger partial charge in [0.25, 0.3) is 0 Å². The molecule has 4 nitrogen and oxygen atoms in total. The Balaban J connectivity index is 2.39. The molecule has 4 heteroatoms. The standard InChI is InChI=1S/C13H15NO3/c1-16-11-3-4-12(17-2)10(8-11)7-9-5-6-14-13(9)15/h3-4,7-8H,5-6H2,1-2H3,(H,14,15)/b9-7+. The third-order valence-corrected chi connectivity index (χ3v) is 2.74. The number of rotatable bonds is 3. The molecule has 0 atom stereocenters. The Morgan fingerprint density at radius 3 is 2.71 bits per heavy atom. The summed E-state index contributed by atoms with van der Waals surface area (Å²) in [6, 6.07) is 5.52. The van der Waals surface area contributed by atoms with Crippen LogP contribution in [0.1, 0.15) is 12.0 Å². The number of amides is 1. The van der Waals surface area contributed by atoms with Crippen molar-refractivity contribution in [3.63, 3.8) is 0 Å². The van der Waals surface area contributed by atoms with Gasteiger partial charge in [0.2, 0.25) is 5.91 Å². The van der Waals surface area contributed by atoms with Gasteiger partial charge >= 0.3 is 0 Å². The van der Waals surface area contributed by atoms with Crippen molar-refractivity contribution in [3.05, 3.63) is 29.3 Å². The Hall–Kier alpha value is -1.97. The molecule has 1 N–H and O–H groups in total. The first-order valence-corrected chi connectivity index (χ1v) is 5.45. The molecule has 1 aromatic rings. The quantitative estimate of drug-likeness (QED) is 0.807. The summed E-state index contributed by atoms with van der Waals surface area (Å²) in [6.07, 6.45) is 2.60. The average Bonchev–Trinajstić information content (AvgIpc) is 2.75. The van der Waals surface area contributed by atoms with E-state index in [2.05, 4.69) is 5.32 Å². The molecule has 1 aromatic carbocycles. The fraction of sp³-hybridized carbons (Fsp3) is 0.308. The van der Waals surface area contributed by atoms with E-state index in [1.165, 1.54) is 0 Å². The number of carbonyl (C=O) groups excluding carboxylic acids is 1. The number of hydrogen-bond acceptors (Lipinski definition) is 3. The molecule has 1 amide bonds. The minimum absolute atomic E-state index is 0.00475. The lowest BCUT2D eigenvalue weighted by Crippen LogP contribution is -2.14. The highest BCUT2D eigenvalue weighted by atomic mass is 16.5. The molecule has 0 radical (unpaired) electrons. The molecule has 0 aliphatic carbocycles. The summed E-state index contributed by atoms with van der Waals surface area (Å²) in [5.74, 6) is 1.48. The van der Waals surface area contributed by atoms with E-state index in [-0.39, 0.29) is 5.91 Å². The Morgan fingerprint density at radius 1 is 1.29 bits per heavy atom. The highest BCUT2D eigenvalue weighted by Gasteiger charge is 2.16. The van der Waals surface area contributed by atoms with E-state index < -0.39 is 0 Å². The molecule has 2 rings (SSSR count). The molecule has 90 valence electrons. The van der Waals surface area contributed by atoms with Crippen LogP contribution in [0.3, 0.4) is 0 Å². The lowest BCUT2D eigenvalue weighted by atomic mass is 10.1. The molecule has 0 saturated carbocycles. The van der Waals surface area contributed by atoms with Crippen LogP contribution in [0.4, 0.5) is 0 Å². The van der Waals surface area contributed by atoms with Crippen LogP contribution in [-0.2, 0) is 4.79 Å². The molecule has 1 aliphatic heterocycles. The molecular formula is C13H15NO3. The molecular weight excluding hydrogens is 218 g/mol. The summed E-state index contributed by atoms with van der Waals surface area (Å²) >= 11 is 0. The summed E-state index contributed by atoms with van der Waals surface area (Å²) in [7, 11) is 3.22. The zero-order valence-electron chi connectivity index (χ0n) is 9.95. The zero-order valence-corrected chi connectivity index (χ0v) is 9.95. The highest BCUT2D eigenvalue weighted by Crippen LogP contribution is 2.27. The number of ether oxygens (including phenoxy) is 2. The summed E-state index contributed by atoms with van der Waals surface area (Å²) in [5, 5.41) is 2.78. The third-order valence-electron chi connectivity index (χ3n) is 2.74. The van der Waals surface area contributed by atoms with Gasteiger partial charge in [-0.05, 0) is 30.7 Å². The molecule has 1 heterocycles. The van der Waals surface area contributed by atoms with Crippen LogP contribution in [0.5, 0.6) is 11.5 Å². The van der Waals surface area contributed by atoms with Gasteiger partial charge in [-0.3, -0.25) is 4.79 Å². The summed E-state index contributed by atoms with van der Waals surface area (Å²) in [5.41, 5.74) is 1.63. The van der Waals surface area contributed by atoms with Gasteiger partial charge in [-0.2, -0.15) is 0 Å².